The third-order valence-electron chi connectivity index (χ3n) is 8.04. The van der Waals surface area contributed by atoms with Crippen LogP contribution >= 0.6 is 0 Å². The lowest BCUT2D eigenvalue weighted by atomic mass is 9.95. The maximum absolute atomic E-state index is 11.9. The normalized spacial score (nSPS) is 14.4. The van der Waals surface area contributed by atoms with Crippen LogP contribution in [0.15, 0.2) is 97.5 Å². The predicted octanol–water partition coefficient (Wildman–Crippen LogP) is 6.72. The van der Waals surface area contributed by atoms with E-state index in [2.05, 4.69) is 50.5 Å². The fraction of sp³-hybridized carbons (Fsp3) is 0.297. The first-order chi connectivity index (χ1) is 22.5. The molecule has 0 atom stereocenters. The van der Waals surface area contributed by atoms with Crippen LogP contribution in [0.2, 0.25) is 0 Å². The number of aromatic amines is 1. The highest BCUT2D eigenvalue weighted by Gasteiger charge is 2.23. The van der Waals surface area contributed by atoms with Crippen LogP contribution in [0.1, 0.15) is 50.8 Å². The Morgan fingerprint density at radius 1 is 1.13 bits per heavy atom. The van der Waals surface area contributed by atoms with Gasteiger partial charge in [0, 0.05) is 43.1 Å². The van der Waals surface area contributed by atoms with Gasteiger partial charge in [-0.3, -0.25) is 9.80 Å². The molecule has 1 amide bonds. The van der Waals surface area contributed by atoms with E-state index in [1.54, 1.807) is 19.6 Å². The molecule has 0 aliphatic carbocycles. The molecule has 2 aromatic carbocycles. The van der Waals surface area contributed by atoms with Crippen LogP contribution < -0.4 is 16.2 Å². The number of para-hydroxylation sites is 2. The summed E-state index contributed by atoms with van der Waals surface area (Å²) in [5.74, 6) is 7.15. The smallest absolute Gasteiger partial charge is 0.222 e. The van der Waals surface area contributed by atoms with Gasteiger partial charge in [-0.05, 0) is 75.0 Å². The number of anilines is 1. The van der Waals surface area contributed by atoms with Gasteiger partial charge in [0.05, 0.1) is 23.1 Å². The number of carbonyl (C=O) groups excluding carboxylic acids is 1. The molecule has 0 saturated carbocycles. The monoisotopic (exact) mass is 618 g/mol. The van der Waals surface area contributed by atoms with Gasteiger partial charge in [0.1, 0.15) is 0 Å². The van der Waals surface area contributed by atoms with E-state index < -0.39 is 0 Å². The second-order valence-electron chi connectivity index (χ2n) is 11.1. The standard InChI is InChI=1S/C30H40N6O.C7H6N2/c1-4-6-18-36(32)29-26(22-31)21-27(24-13-8-7-9-14-24)28(34-29)23(5-2)12-10-11-17-35-19-15-25(16-20-35)30(37)33-3;1-2-4-7-6(3-1)8-5-9-7/h5-10,12-14,18,21-22,25,31H,4,11,15-17,19-20,32H2,1-3H3,(H,33,37);1-5H,(H,8,9)/b12-10-,18-6-,23-5+,31-22?;. The van der Waals surface area contributed by atoms with Crippen molar-refractivity contribution in [1.29, 1.82) is 5.41 Å². The van der Waals surface area contributed by atoms with Gasteiger partial charge in [-0.2, -0.15) is 0 Å². The molecule has 1 aliphatic heterocycles. The van der Waals surface area contributed by atoms with Crippen molar-refractivity contribution in [3.05, 3.63) is 109 Å². The average Bonchev–Trinajstić information content (AvgIpc) is 3.60. The first-order valence-electron chi connectivity index (χ1n) is 16.0. The van der Waals surface area contributed by atoms with Crippen LogP contribution in [0.5, 0.6) is 0 Å². The number of nitrogens with one attached hydrogen (secondary N) is 3. The topological polar surface area (TPSA) is 127 Å². The maximum Gasteiger partial charge on any atom is 0.222 e. The number of allylic oxidation sites excluding steroid dienone is 4. The van der Waals surface area contributed by atoms with Gasteiger partial charge in [-0.25, -0.2) is 15.8 Å². The SMILES string of the molecule is C/C=C(\C=C/CCN1CCC(C(=O)NC)CC1)c1nc(N(N)/C=C\CC)c(C=N)cc1-c1ccccc1.c1ccc2[nH]cnc2c1. The highest BCUT2D eigenvalue weighted by Crippen LogP contribution is 2.32. The third-order valence-corrected chi connectivity index (χ3v) is 8.04. The van der Waals surface area contributed by atoms with Crippen LogP contribution in [0.3, 0.4) is 0 Å². The molecule has 5 rings (SSSR count). The van der Waals surface area contributed by atoms with Gasteiger partial charge in [0.2, 0.25) is 5.91 Å². The number of nitrogens with two attached hydrogens (primary N) is 1. The van der Waals surface area contributed by atoms with Crippen LogP contribution in [0, 0.1) is 11.3 Å². The number of aromatic nitrogens is 3. The fourth-order valence-corrected chi connectivity index (χ4v) is 5.46. The number of pyridine rings is 1. The molecule has 46 heavy (non-hydrogen) atoms. The highest BCUT2D eigenvalue weighted by molar-refractivity contribution is 5.92. The highest BCUT2D eigenvalue weighted by atomic mass is 16.1. The molecule has 1 aliphatic rings. The number of likely N-dealkylation sites (tertiary alicyclic amines) is 1. The summed E-state index contributed by atoms with van der Waals surface area (Å²) in [6.45, 7) is 6.93. The Morgan fingerprint density at radius 3 is 2.54 bits per heavy atom. The molecule has 9 nitrogen and oxygen atoms in total. The third kappa shape index (κ3) is 9.09. The van der Waals surface area contributed by atoms with Crippen molar-refractivity contribution in [3.63, 3.8) is 0 Å². The zero-order valence-corrected chi connectivity index (χ0v) is 27.1. The molecule has 4 aromatic rings. The van der Waals surface area contributed by atoms with E-state index in [1.165, 1.54) is 11.2 Å². The van der Waals surface area contributed by atoms with Crippen molar-refractivity contribution >= 4 is 34.5 Å². The molecular formula is C37H46N8O. The Morgan fingerprint density at radius 2 is 1.87 bits per heavy atom. The van der Waals surface area contributed by atoms with Gasteiger partial charge in [0.25, 0.3) is 0 Å². The average molecular weight is 619 g/mol. The molecule has 9 heteroatoms. The number of imidazole rings is 1. The molecular weight excluding hydrogens is 572 g/mol. The zero-order chi connectivity index (χ0) is 32.7. The Balaban J connectivity index is 0.000000451. The number of hydrazine groups is 1. The quantitative estimate of drug-likeness (QED) is 0.0640. The lowest BCUT2D eigenvalue weighted by Crippen LogP contribution is -2.39. The number of hydrogen-bond acceptors (Lipinski definition) is 7. The van der Waals surface area contributed by atoms with Crippen molar-refractivity contribution in [2.24, 2.45) is 11.8 Å². The summed E-state index contributed by atoms with van der Waals surface area (Å²) in [5, 5.41) is 12.3. The van der Waals surface area contributed by atoms with Gasteiger partial charge < -0.3 is 20.6 Å². The van der Waals surface area contributed by atoms with Gasteiger partial charge in [-0.15, -0.1) is 0 Å². The molecule has 240 valence electrons. The van der Waals surface area contributed by atoms with Gasteiger partial charge in [-0.1, -0.05) is 73.7 Å². The van der Waals surface area contributed by atoms with E-state index >= 15 is 0 Å². The number of hydrogen-bond donors (Lipinski definition) is 4. The molecule has 1 saturated heterocycles. The van der Waals surface area contributed by atoms with E-state index in [9.17, 15) is 4.79 Å². The summed E-state index contributed by atoms with van der Waals surface area (Å²) >= 11 is 0. The van der Waals surface area contributed by atoms with Crippen molar-refractivity contribution in [1.82, 2.24) is 25.2 Å². The van der Waals surface area contributed by atoms with Crippen LogP contribution in [-0.2, 0) is 4.79 Å². The molecule has 3 heterocycles. The first-order valence-corrected chi connectivity index (χ1v) is 16.0. The van der Waals surface area contributed by atoms with E-state index in [1.807, 2.05) is 68.5 Å². The second-order valence-corrected chi connectivity index (χ2v) is 11.1. The van der Waals surface area contributed by atoms with Crippen molar-refractivity contribution in [2.45, 2.75) is 39.5 Å². The van der Waals surface area contributed by atoms with Gasteiger partial charge in [0.15, 0.2) is 5.82 Å². The maximum atomic E-state index is 11.9. The summed E-state index contributed by atoms with van der Waals surface area (Å²) in [5.41, 5.74) is 6.62. The largest absolute Gasteiger partial charge is 0.359 e. The minimum Gasteiger partial charge on any atom is -0.359 e. The molecule has 2 aromatic heterocycles. The van der Waals surface area contributed by atoms with Crippen LogP contribution in [-0.4, -0.2) is 58.7 Å². The van der Waals surface area contributed by atoms with Crippen LogP contribution in [0.4, 0.5) is 5.82 Å². The number of nitrogens with zero attached hydrogens (tertiary/aromatic N) is 4. The predicted molar refractivity (Wildman–Crippen MR) is 190 cm³/mol. The minimum absolute atomic E-state index is 0.140. The number of benzene rings is 2. The number of fused-ring (bicyclic) bond motifs is 1. The van der Waals surface area contributed by atoms with E-state index in [-0.39, 0.29) is 11.8 Å². The lowest BCUT2D eigenvalue weighted by molar-refractivity contribution is -0.125. The molecule has 5 N–H and O–H groups in total. The molecule has 0 radical (unpaired) electrons. The first kappa shape index (κ1) is 34.0. The summed E-state index contributed by atoms with van der Waals surface area (Å²) in [7, 11) is 1.71. The van der Waals surface area contributed by atoms with E-state index in [0.29, 0.717) is 11.4 Å². The number of rotatable bonds is 11. The second kappa shape index (κ2) is 17.6. The summed E-state index contributed by atoms with van der Waals surface area (Å²) < 4.78 is 0. The van der Waals surface area contributed by atoms with Gasteiger partial charge >= 0.3 is 0 Å². The molecule has 0 spiro atoms. The van der Waals surface area contributed by atoms with Crippen molar-refractivity contribution < 1.29 is 4.79 Å². The lowest BCUT2D eigenvalue weighted by Gasteiger charge is -2.30. The van der Waals surface area contributed by atoms with Crippen LogP contribution in [0.25, 0.3) is 27.7 Å². The Labute approximate surface area is 272 Å². The summed E-state index contributed by atoms with van der Waals surface area (Å²) in [4.78, 5) is 26.4. The number of amides is 1. The number of carbonyl (C=O) groups is 1. The minimum atomic E-state index is 0.140. The Bertz CT molecular complexity index is 1620. The number of H-pyrrole nitrogens is 1. The number of piperidine rings is 1. The zero-order valence-electron chi connectivity index (χ0n) is 27.1. The Kier molecular flexibility index (Phi) is 13.0. The molecule has 0 bridgehead atoms. The summed E-state index contributed by atoms with van der Waals surface area (Å²) in [6, 6.07) is 20.1. The summed E-state index contributed by atoms with van der Waals surface area (Å²) in [6.07, 6.45) is 16.7. The van der Waals surface area contributed by atoms with Crippen molar-refractivity contribution in [2.75, 3.05) is 31.7 Å². The Hall–Kier alpha value is -4.86. The fourth-order valence-electron chi connectivity index (χ4n) is 5.46. The van der Waals surface area contributed by atoms with E-state index in [4.69, 9.17) is 16.2 Å². The molecule has 0 unspecified atom stereocenters. The molecule has 1 fully saturated rings. The van der Waals surface area contributed by atoms with Crippen molar-refractivity contribution in [3.8, 4) is 11.1 Å². The van der Waals surface area contributed by atoms with E-state index in [0.717, 1.165) is 78.7 Å².